The number of hydrogen-bond donors (Lipinski definition) is 2. The molecule has 0 saturated carbocycles. The van der Waals surface area contributed by atoms with Crippen molar-refractivity contribution < 1.29 is 9.59 Å². The monoisotopic (exact) mass is 322 g/mol. The van der Waals surface area contributed by atoms with Crippen molar-refractivity contribution in [2.45, 2.75) is 39.8 Å². The van der Waals surface area contributed by atoms with Crippen LogP contribution in [0.5, 0.6) is 0 Å². The van der Waals surface area contributed by atoms with Crippen molar-refractivity contribution >= 4 is 22.9 Å². The molecular weight excluding hydrogens is 300 g/mol. The number of nitrogens with one attached hydrogen (secondary N) is 2. The molecular formula is C20H22N2O2. The molecule has 1 aliphatic carbocycles. The highest BCUT2D eigenvalue weighted by molar-refractivity contribution is 6.31. The van der Waals surface area contributed by atoms with Crippen LogP contribution in [0.1, 0.15) is 59.5 Å². The number of ketones is 2. The van der Waals surface area contributed by atoms with Crippen LogP contribution in [0.25, 0.3) is 0 Å². The molecule has 0 saturated heterocycles. The highest BCUT2D eigenvalue weighted by Crippen LogP contribution is 2.35. The van der Waals surface area contributed by atoms with E-state index in [4.69, 9.17) is 0 Å². The predicted molar refractivity (Wildman–Crippen MR) is 97.3 cm³/mol. The number of rotatable bonds is 4. The van der Waals surface area contributed by atoms with E-state index in [1.807, 2.05) is 52.0 Å². The lowest BCUT2D eigenvalue weighted by Gasteiger charge is -2.24. The Bertz CT molecular complexity index is 757. The maximum atomic E-state index is 13.2. The van der Waals surface area contributed by atoms with Crippen molar-refractivity contribution in [2.75, 3.05) is 10.6 Å². The van der Waals surface area contributed by atoms with E-state index in [1.54, 1.807) is 12.1 Å². The number of carbonyl (C=O) groups is 2. The summed E-state index contributed by atoms with van der Waals surface area (Å²) >= 11 is 0. The second-order valence-electron chi connectivity index (χ2n) is 6.71. The van der Waals surface area contributed by atoms with Crippen molar-refractivity contribution in [3.8, 4) is 0 Å². The molecule has 0 heterocycles. The first kappa shape index (κ1) is 16.2. The number of hydrogen-bond acceptors (Lipinski definition) is 4. The molecule has 0 atom stereocenters. The summed E-state index contributed by atoms with van der Waals surface area (Å²) in [5.41, 5.74) is 3.32. The fourth-order valence-electron chi connectivity index (χ4n) is 3.10. The highest BCUT2D eigenvalue weighted by Gasteiger charge is 2.33. The van der Waals surface area contributed by atoms with Gasteiger partial charge in [-0.15, -0.1) is 0 Å². The maximum absolute atomic E-state index is 13.2. The van der Waals surface area contributed by atoms with Gasteiger partial charge in [-0.3, -0.25) is 9.59 Å². The summed E-state index contributed by atoms with van der Waals surface area (Å²) in [6, 6.07) is 11.1. The highest BCUT2D eigenvalue weighted by atomic mass is 16.1. The first-order valence-corrected chi connectivity index (χ1v) is 8.28. The van der Waals surface area contributed by atoms with E-state index < -0.39 is 0 Å². The van der Waals surface area contributed by atoms with Gasteiger partial charge >= 0.3 is 0 Å². The predicted octanol–water partition coefficient (Wildman–Crippen LogP) is 4.10. The topological polar surface area (TPSA) is 58.2 Å². The molecule has 2 N–H and O–H groups in total. The Balaban J connectivity index is 2.20. The second-order valence-corrected chi connectivity index (χ2v) is 6.71. The van der Waals surface area contributed by atoms with Gasteiger partial charge in [0.1, 0.15) is 0 Å². The van der Waals surface area contributed by atoms with Crippen molar-refractivity contribution in [3.05, 3.63) is 58.7 Å². The zero-order valence-electron chi connectivity index (χ0n) is 14.4. The molecule has 1 aliphatic rings. The van der Waals surface area contributed by atoms with Crippen LogP contribution in [0, 0.1) is 0 Å². The SMILES string of the molecule is CC(C)Nc1cccc2c1C(=O)c1c(NC(C)C)cccc1C2=O. The minimum Gasteiger partial charge on any atom is -0.382 e. The fraction of sp³-hybridized carbons (Fsp3) is 0.300. The molecule has 0 unspecified atom stereocenters. The average Bonchev–Trinajstić information content (AvgIpc) is 2.51. The van der Waals surface area contributed by atoms with E-state index in [0.29, 0.717) is 33.6 Å². The van der Waals surface area contributed by atoms with Gasteiger partial charge in [-0.2, -0.15) is 0 Å². The summed E-state index contributed by atoms with van der Waals surface area (Å²) in [4.78, 5) is 26.1. The second kappa shape index (κ2) is 6.11. The average molecular weight is 322 g/mol. The summed E-state index contributed by atoms with van der Waals surface area (Å²) in [5.74, 6) is -0.202. The summed E-state index contributed by atoms with van der Waals surface area (Å²) in [7, 11) is 0. The van der Waals surface area contributed by atoms with Crippen LogP contribution >= 0.6 is 0 Å². The summed E-state index contributed by atoms with van der Waals surface area (Å²) < 4.78 is 0. The Morgan fingerprint density at radius 1 is 0.667 bits per heavy atom. The molecule has 124 valence electrons. The molecule has 0 radical (unpaired) electrons. The van der Waals surface area contributed by atoms with Gasteiger partial charge in [-0.05, 0) is 39.8 Å². The van der Waals surface area contributed by atoms with Crippen molar-refractivity contribution in [1.82, 2.24) is 0 Å². The van der Waals surface area contributed by atoms with E-state index in [2.05, 4.69) is 10.6 Å². The number of carbonyl (C=O) groups excluding carboxylic acids is 2. The lowest BCUT2D eigenvalue weighted by atomic mass is 9.82. The standard InChI is InChI=1S/C20H22N2O2/c1-11(2)21-15-9-5-7-13-17(15)20(24)18-14(19(13)23)8-6-10-16(18)22-12(3)4/h5-12,21-22H,1-4H3. The van der Waals surface area contributed by atoms with Crippen LogP contribution in [0.15, 0.2) is 36.4 Å². The van der Waals surface area contributed by atoms with E-state index in [-0.39, 0.29) is 23.7 Å². The largest absolute Gasteiger partial charge is 0.382 e. The molecule has 0 fully saturated rings. The minimum atomic E-state index is -0.105. The molecule has 0 aromatic heterocycles. The van der Waals surface area contributed by atoms with Gasteiger partial charge in [-0.25, -0.2) is 0 Å². The Kier molecular flexibility index (Phi) is 4.14. The maximum Gasteiger partial charge on any atom is 0.198 e. The molecule has 24 heavy (non-hydrogen) atoms. The van der Waals surface area contributed by atoms with E-state index >= 15 is 0 Å². The third-order valence-electron chi connectivity index (χ3n) is 3.96. The molecule has 0 bridgehead atoms. The quantitative estimate of drug-likeness (QED) is 0.759. The number of benzene rings is 2. The van der Waals surface area contributed by atoms with E-state index in [0.717, 1.165) is 0 Å². The normalized spacial score (nSPS) is 13.1. The van der Waals surface area contributed by atoms with Crippen LogP contribution in [-0.4, -0.2) is 23.7 Å². The lowest BCUT2D eigenvalue weighted by molar-refractivity contribution is 0.0980. The Morgan fingerprint density at radius 2 is 1.08 bits per heavy atom. The van der Waals surface area contributed by atoms with Gasteiger partial charge in [-0.1, -0.05) is 24.3 Å². The van der Waals surface area contributed by atoms with Gasteiger partial charge in [0.15, 0.2) is 11.6 Å². The van der Waals surface area contributed by atoms with E-state index in [1.165, 1.54) is 0 Å². The number of fused-ring (bicyclic) bond motifs is 2. The smallest absolute Gasteiger partial charge is 0.198 e. The molecule has 2 aromatic rings. The first-order valence-electron chi connectivity index (χ1n) is 8.28. The molecule has 4 heteroatoms. The van der Waals surface area contributed by atoms with Gasteiger partial charge in [0.2, 0.25) is 0 Å². The lowest BCUT2D eigenvalue weighted by Crippen LogP contribution is -2.25. The minimum absolute atomic E-state index is 0.0978. The van der Waals surface area contributed by atoms with Crippen molar-refractivity contribution in [2.24, 2.45) is 0 Å². The van der Waals surface area contributed by atoms with Gasteiger partial charge in [0.25, 0.3) is 0 Å². The molecule has 0 aliphatic heterocycles. The summed E-state index contributed by atoms with van der Waals surface area (Å²) in [6.45, 7) is 8.03. The molecule has 3 rings (SSSR count). The third-order valence-corrected chi connectivity index (χ3v) is 3.96. The molecule has 4 nitrogen and oxygen atoms in total. The summed E-state index contributed by atoms with van der Waals surface area (Å²) in [6.07, 6.45) is 0. The fourth-order valence-corrected chi connectivity index (χ4v) is 3.10. The van der Waals surface area contributed by atoms with Crippen molar-refractivity contribution in [1.29, 1.82) is 0 Å². The Hall–Kier alpha value is -2.62. The van der Waals surface area contributed by atoms with Crippen LogP contribution in [0.4, 0.5) is 11.4 Å². The van der Waals surface area contributed by atoms with Crippen LogP contribution < -0.4 is 10.6 Å². The zero-order valence-corrected chi connectivity index (χ0v) is 14.4. The van der Waals surface area contributed by atoms with Crippen molar-refractivity contribution in [3.63, 3.8) is 0 Å². The molecule has 2 aromatic carbocycles. The van der Waals surface area contributed by atoms with Crippen LogP contribution in [0.2, 0.25) is 0 Å². The third kappa shape index (κ3) is 2.68. The molecule has 0 amide bonds. The first-order chi connectivity index (χ1) is 11.4. The van der Waals surface area contributed by atoms with Gasteiger partial charge < -0.3 is 10.6 Å². The Morgan fingerprint density at radius 3 is 1.46 bits per heavy atom. The van der Waals surface area contributed by atoms with E-state index in [9.17, 15) is 9.59 Å². The van der Waals surface area contributed by atoms with Crippen LogP contribution in [0.3, 0.4) is 0 Å². The summed E-state index contributed by atoms with van der Waals surface area (Å²) in [5, 5.41) is 6.56. The molecule has 0 spiro atoms. The zero-order chi connectivity index (χ0) is 17.4. The van der Waals surface area contributed by atoms with Gasteiger partial charge in [0, 0.05) is 34.6 Å². The number of anilines is 2. The Labute approximate surface area is 142 Å². The van der Waals surface area contributed by atoms with Crippen LogP contribution in [-0.2, 0) is 0 Å². The van der Waals surface area contributed by atoms with Gasteiger partial charge in [0.05, 0.1) is 11.1 Å².